The molecule has 1 heterocycles. The van der Waals surface area contributed by atoms with Gasteiger partial charge in [-0.25, -0.2) is 4.79 Å². The highest BCUT2D eigenvalue weighted by molar-refractivity contribution is 6.31. The van der Waals surface area contributed by atoms with Crippen molar-refractivity contribution in [3.05, 3.63) is 67.0 Å². The number of nitro benzene ring substituents is 1. The highest BCUT2D eigenvalue weighted by Gasteiger charge is 2.14. The zero-order valence-corrected chi connectivity index (χ0v) is 17.5. The summed E-state index contributed by atoms with van der Waals surface area (Å²) in [7, 11) is 0. The topological polar surface area (TPSA) is 93.0 Å². The second kappa shape index (κ2) is 9.12. The van der Waals surface area contributed by atoms with E-state index in [1.165, 1.54) is 6.07 Å². The molecule has 3 aromatic rings. The molecule has 0 bridgehead atoms. The molecule has 0 saturated heterocycles. The van der Waals surface area contributed by atoms with Gasteiger partial charge in [-0.05, 0) is 58.0 Å². The van der Waals surface area contributed by atoms with Crippen molar-refractivity contribution in [1.82, 2.24) is 9.55 Å². The smallest absolute Gasteiger partial charge is 0.326 e. The summed E-state index contributed by atoms with van der Waals surface area (Å²) in [4.78, 5) is 24.5. The van der Waals surface area contributed by atoms with Crippen molar-refractivity contribution < 1.29 is 4.92 Å². The van der Waals surface area contributed by atoms with Gasteiger partial charge in [0.05, 0.1) is 16.0 Å². The second-order valence-electron chi connectivity index (χ2n) is 6.77. The number of anilines is 1. The van der Waals surface area contributed by atoms with Gasteiger partial charge in [0.25, 0.3) is 5.69 Å². The quantitative estimate of drug-likeness (QED) is 0.418. The molecule has 0 unspecified atom stereocenters. The van der Waals surface area contributed by atoms with Crippen molar-refractivity contribution in [1.29, 1.82) is 0 Å². The number of nitrogens with zero attached hydrogens (tertiary/aromatic N) is 2. The first-order chi connectivity index (χ1) is 13.1. The average molecular weight is 425 g/mol. The minimum absolute atomic E-state index is 0.00574. The number of hydrogen-bond acceptors (Lipinski definition) is 4. The molecule has 0 spiro atoms. The largest absolute Gasteiger partial charge is 0.377 e. The summed E-state index contributed by atoms with van der Waals surface area (Å²) in [5.41, 5.74) is 2.10. The predicted molar refractivity (Wildman–Crippen MR) is 115 cm³/mol. The van der Waals surface area contributed by atoms with Crippen molar-refractivity contribution in [3.8, 4) is 0 Å². The van der Waals surface area contributed by atoms with E-state index in [1.54, 1.807) is 28.8 Å². The Balaban J connectivity index is 0.000000200. The van der Waals surface area contributed by atoms with Gasteiger partial charge in [-0.1, -0.05) is 23.2 Å². The first-order valence-corrected chi connectivity index (χ1v) is 9.46. The lowest BCUT2D eigenvalue weighted by molar-refractivity contribution is -0.384. The molecule has 28 heavy (non-hydrogen) atoms. The lowest BCUT2D eigenvalue weighted by atomic mass is 10.2. The third kappa shape index (κ3) is 5.27. The molecule has 7 nitrogen and oxygen atoms in total. The van der Waals surface area contributed by atoms with Gasteiger partial charge in [0.15, 0.2) is 0 Å². The van der Waals surface area contributed by atoms with Crippen molar-refractivity contribution in [3.63, 3.8) is 0 Å². The van der Waals surface area contributed by atoms with Crippen molar-refractivity contribution in [2.45, 2.75) is 39.8 Å². The number of rotatable bonds is 4. The Morgan fingerprint density at radius 3 is 2.25 bits per heavy atom. The van der Waals surface area contributed by atoms with Gasteiger partial charge in [-0.15, -0.1) is 0 Å². The number of fused-ring (bicyclic) bond motifs is 1. The summed E-state index contributed by atoms with van der Waals surface area (Å²) < 4.78 is 1.71. The molecule has 0 aliphatic carbocycles. The van der Waals surface area contributed by atoms with Crippen LogP contribution in [-0.4, -0.2) is 20.5 Å². The van der Waals surface area contributed by atoms with E-state index >= 15 is 0 Å². The number of aromatic nitrogens is 2. The normalized spacial score (nSPS) is 10.9. The average Bonchev–Trinajstić information content (AvgIpc) is 2.91. The monoisotopic (exact) mass is 424 g/mol. The van der Waals surface area contributed by atoms with Crippen LogP contribution in [0.25, 0.3) is 11.0 Å². The van der Waals surface area contributed by atoms with Crippen LogP contribution in [0.1, 0.15) is 33.7 Å². The molecule has 2 N–H and O–H groups in total. The zero-order valence-electron chi connectivity index (χ0n) is 16.0. The lowest BCUT2D eigenvalue weighted by Gasteiger charge is -2.09. The van der Waals surface area contributed by atoms with Crippen LogP contribution >= 0.6 is 23.2 Å². The van der Waals surface area contributed by atoms with Crippen LogP contribution in [-0.2, 0) is 0 Å². The number of imidazole rings is 1. The Labute approximate surface area is 172 Å². The number of benzene rings is 2. The number of nitro groups is 1. The summed E-state index contributed by atoms with van der Waals surface area (Å²) in [5.74, 6) is 0. The Bertz CT molecular complexity index is 1040. The van der Waals surface area contributed by atoms with E-state index in [2.05, 4.69) is 10.3 Å². The van der Waals surface area contributed by atoms with Crippen molar-refractivity contribution in [2.24, 2.45) is 0 Å². The Morgan fingerprint density at radius 2 is 1.68 bits per heavy atom. The maximum atomic E-state index is 11.6. The first kappa shape index (κ1) is 21.8. The number of hydrogen-bond donors (Lipinski definition) is 2. The molecule has 1 aromatic heterocycles. The summed E-state index contributed by atoms with van der Waals surface area (Å²) >= 11 is 11.5. The standard InChI is InChI=1S/C10H11ClN2O.C9H11ClN2O2/c1-6(2)13-9-4-3-7(11)5-8(9)12-10(13)14;1-6(2)11-8-4-3-7(10)5-9(8)12(13)14/h3-6H,1-2H3,(H,12,14);3-6,11H,1-2H3. The van der Waals surface area contributed by atoms with Crippen molar-refractivity contribution >= 4 is 45.6 Å². The minimum Gasteiger partial charge on any atom is -0.377 e. The number of halogens is 2. The minimum atomic E-state index is -0.448. The molecule has 3 rings (SSSR count). The summed E-state index contributed by atoms with van der Waals surface area (Å²) in [5, 5.41) is 14.6. The highest BCUT2D eigenvalue weighted by atomic mass is 35.5. The fourth-order valence-corrected chi connectivity index (χ4v) is 3.04. The highest BCUT2D eigenvalue weighted by Crippen LogP contribution is 2.28. The van der Waals surface area contributed by atoms with Gasteiger partial charge in [-0.2, -0.15) is 0 Å². The zero-order chi connectivity index (χ0) is 21.0. The van der Waals surface area contributed by atoms with E-state index < -0.39 is 4.92 Å². The fraction of sp³-hybridized carbons (Fsp3) is 0.316. The van der Waals surface area contributed by atoms with Gasteiger partial charge in [0.1, 0.15) is 5.69 Å². The number of aromatic amines is 1. The fourth-order valence-electron chi connectivity index (χ4n) is 2.70. The van der Waals surface area contributed by atoms with E-state index in [-0.39, 0.29) is 23.5 Å². The molecule has 9 heteroatoms. The number of nitrogens with one attached hydrogen (secondary N) is 2. The van der Waals surface area contributed by atoms with Crippen LogP contribution in [0.3, 0.4) is 0 Å². The molecule has 0 radical (unpaired) electrons. The summed E-state index contributed by atoms with van der Waals surface area (Å²) in [6.07, 6.45) is 0. The van der Waals surface area contributed by atoms with Gasteiger partial charge < -0.3 is 10.3 Å². The maximum Gasteiger partial charge on any atom is 0.326 e. The van der Waals surface area contributed by atoms with Crippen LogP contribution in [0.4, 0.5) is 11.4 Å². The van der Waals surface area contributed by atoms with Gasteiger partial charge >= 0.3 is 5.69 Å². The molecule has 0 atom stereocenters. The molecular weight excluding hydrogens is 403 g/mol. The molecule has 0 aliphatic rings. The van der Waals surface area contributed by atoms with E-state index in [1.807, 2.05) is 33.8 Å². The third-order valence-corrected chi connectivity index (χ3v) is 4.27. The number of H-pyrrole nitrogens is 1. The van der Waals surface area contributed by atoms with Gasteiger partial charge in [0.2, 0.25) is 0 Å². The van der Waals surface area contributed by atoms with Gasteiger partial charge in [-0.3, -0.25) is 14.7 Å². The van der Waals surface area contributed by atoms with Crippen LogP contribution in [0, 0.1) is 10.1 Å². The second-order valence-corrected chi connectivity index (χ2v) is 7.65. The molecule has 2 aromatic carbocycles. The molecular formula is C19H22Cl2N4O3. The van der Waals surface area contributed by atoms with Crippen LogP contribution in [0.5, 0.6) is 0 Å². The third-order valence-electron chi connectivity index (χ3n) is 3.80. The van der Waals surface area contributed by atoms with Crippen LogP contribution in [0.15, 0.2) is 41.2 Å². The Hall–Kier alpha value is -2.51. The van der Waals surface area contributed by atoms with Crippen molar-refractivity contribution in [2.75, 3.05) is 5.32 Å². The van der Waals surface area contributed by atoms with E-state index in [0.29, 0.717) is 15.7 Å². The van der Waals surface area contributed by atoms with E-state index in [9.17, 15) is 14.9 Å². The maximum absolute atomic E-state index is 11.6. The molecule has 0 saturated carbocycles. The Morgan fingerprint density at radius 1 is 1.07 bits per heavy atom. The Kier molecular flexibility index (Phi) is 7.10. The van der Waals surface area contributed by atoms with E-state index in [0.717, 1.165) is 11.0 Å². The van der Waals surface area contributed by atoms with E-state index in [4.69, 9.17) is 23.2 Å². The molecule has 0 aliphatic heterocycles. The molecule has 0 amide bonds. The molecule has 150 valence electrons. The van der Waals surface area contributed by atoms with Crippen LogP contribution in [0.2, 0.25) is 10.0 Å². The summed E-state index contributed by atoms with van der Waals surface area (Å²) in [6, 6.07) is 10.3. The lowest BCUT2D eigenvalue weighted by Crippen LogP contribution is -2.18. The first-order valence-electron chi connectivity index (χ1n) is 8.70. The SMILES string of the molecule is CC(C)Nc1ccc(Cl)cc1[N+](=O)[O-].CC(C)n1c(=O)[nH]c2cc(Cl)ccc21. The van der Waals surface area contributed by atoms with Crippen LogP contribution < -0.4 is 11.0 Å². The predicted octanol–water partition coefficient (Wildman–Crippen LogP) is 5.63. The molecule has 0 fully saturated rings. The summed E-state index contributed by atoms with van der Waals surface area (Å²) in [6.45, 7) is 7.78. The van der Waals surface area contributed by atoms with Gasteiger partial charge in [0, 0.05) is 28.2 Å².